The lowest BCUT2D eigenvalue weighted by molar-refractivity contribution is 0.305. The third-order valence-electron chi connectivity index (χ3n) is 3.64. The van der Waals surface area contributed by atoms with E-state index in [0.717, 1.165) is 33.5 Å². The second-order valence-electron chi connectivity index (χ2n) is 4.80. The summed E-state index contributed by atoms with van der Waals surface area (Å²) in [6.07, 6.45) is 6.00. The maximum atomic E-state index is 13.5. The van der Waals surface area contributed by atoms with Crippen LogP contribution in [-0.2, 0) is 0 Å². The van der Waals surface area contributed by atoms with Crippen molar-refractivity contribution in [2.24, 2.45) is 5.10 Å². The number of fused-ring (bicyclic) bond motifs is 1. The Kier molecular flexibility index (Phi) is 3.24. The van der Waals surface area contributed by atoms with Crippen LogP contribution in [0.3, 0.4) is 0 Å². The summed E-state index contributed by atoms with van der Waals surface area (Å²) in [7, 11) is 0. The van der Waals surface area contributed by atoms with Gasteiger partial charge in [-0.05, 0) is 59.9 Å². The lowest BCUT2D eigenvalue weighted by Gasteiger charge is -2.11. The molecule has 1 heterocycles. The second kappa shape index (κ2) is 5.06. The Morgan fingerprint density at radius 3 is 2.85 bits per heavy atom. The first-order chi connectivity index (χ1) is 9.72. The van der Waals surface area contributed by atoms with Gasteiger partial charge < -0.3 is 5.11 Å². The highest BCUT2D eigenvalue weighted by atomic mass is 19.1. The number of aliphatic hydroxyl groups is 1. The van der Waals surface area contributed by atoms with Crippen molar-refractivity contribution in [3.05, 3.63) is 58.6 Å². The molecule has 0 unspecified atom stereocenters. The maximum absolute atomic E-state index is 13.5. The molecule has 0 spiro atoms. The van der Waals surface area contributed by atoms with E-state index in [0.29, 0.717) is 6.42 Å². The Bertz CT molecular complexity index is 684. The molecule has 4 heteroatoms. The van der Waals surface area contributed by atoms with Crippen molar-refractivity contribution in [3.63, 3.8) is 0 Å². The minimum absolute atomic E-state index is 0.0483. The van der Waals surface area contributed by atoms with E-state index in [1.807, 2.05) is 19.1 Å². The van der Waals surface area contributed by atoms with Gasteiger partial charge in [-0.15, -0.1) is 0 Å². The number of nitrogens with zero attached hydrogens (tertiary/aromatic N) is 1. The number of allylic oxidation sites excluding steroid dienone is 4. The van der Waals surface area contributed by atoms with Crippen molar-refractivity contribution in [1.29, 1.82) is 0 Å². The quantitative estimate of drug-likeness (QED) is 0.868. The zero-order valence-corrected chi connectivity index (χ0v) is 11.2. The fraction of sp³-hybridized carbons (Fsp3) is 0.188. The van der Waals surface area contributed by atoms with Crippen molar-refractivity contribution >= 4 is 17.4 Å². The van der Waals surface area contributed by atoms with Gasteiger partial charge in [0.25, 0.3) is 0 Å². The van der Waals surface area contributed by atoms with Crippen LogP contribution in [0.25, 0.3) is 11.1 Å². The normalized spacial score (nSPS) is 20.4. The Morgan fingerprint density at radius 1 is 1.30 bits per heavy atom. The second-order valence-corrected chi connectivity index (χ2v) is 4.80. The average Bonchev–Trinajstić information content (AvgIpc) is 2.73. The molecule has 0 saturated carbocycles. The minimum Gasteiger partial charge on any atom is -0.396 e. The van der Waals surface area contributed by atoms with Crippen LogP contribution in [0.2, 0.25) is 0 Å². The SMILES string of the molecule is CC1=C(CCO)c2cc(F)ccc2C1=C1C=CC=NN1. The molecule has 3 rings (SSSR count). The summed E-state index contributed by atoms with van der Waals surface area (Å²) in [5.41, 5.74) is 8.80. The molecular formula is C16H15FN2O. The fourth-order valence-corrected chi connectivity index (χ4v) is 2.79. The first-order valence-electron chi connectivity index (χ1n) is 6.53. The van der Waals surface area contributed by atoms with E-state index >= 15 is 0 Å². The van der Waals surface area contributed by atoms with Gasteiger partial charge in [-0.1, -0.05) is 6.07 Å². The number of rotatable bonds is 2. The maximum Gasteiger partial charge on any atom is 0.123 e. The van der Waals surface area contributed by atoms with Gasteiger partial charge in [0, 0.05) is 18.4 Å². The van der Waals surface area contributed by atoms with E-state index in [-0.39, 0.29) is 12.4 Å². The molecule has 0 aromatic heterocycles. The Morgan fingerprint density at radius 2 is 2.15 bits per heavy atom. The van der Waals surface area contributed by atoms with Crippen LogP contribution >= 0.6 is 0 Å². The average molecular weight is 270 g/mol. The molecule has 102 valence electrons. The topological polar surface area (TPSA) is 44.6 Å². The summed E-state index contributed by atoms with van der Waals surface area (Å²) in [4.78, 5) is 0. The van der Waals surface area contributed by atoms with E-state index in [4.69, 9.17) is 0 Å². The van der Waals surface area contributed by atoms with Crippen LogP contribution < -0.4 is 5.43 Å². The smallest absolute Gasteiger partial charge is 0.123 e. The molecule has 0 atom stereocenters. The molecule has 0 bridgehead atoms. The van der Waals surface area contributed by atoms with Gasteiger partial charge in [-0.3, -0.25) is 5.43 Å². The van der Waals surface area contributed by atoms with Crippen molar-refractivity contribution in [2.45, 2.75) is 13.3 Å². The number of hydrogen-bond donors (Lipinski definition) is 2. The zero-order chi connectivity index (χ0) is 14.1. The van der Waals surface area contributed by atoms with Gasteiger partial charge >= 0.3 is 0 Å². The van der Waals surface area contributed by atoms with Gasteiger partial charge in [0.15, 0.2) is 0 Å². The Labute approximate surface area is 116 Å². The lowest BCUT2D eigenvalue weighted by atomic mass is 10.0. The van der Waals surface area contributed by atoms with Gasteiger partial charge in [0.2, 0.25) is 0 Å². The number of nitrogens with one attached hydrogen (secondary N) is 1. The standard InChI is InChI=1S/C16H15FN2O/c1-10-12(6-8-20)14-9-11(17)4-5-13(14)16(10)15-3-2-7-18-19-15/h2-5,7,9,19-20H,6,8H2,1H3. The van der Waals surface area contributed by atoms with E-state index < -0.39 is 0 Å². The number of hydrazone groups is 1. The highest BCUT2D eigenvalue weighted by Gasteiger charge is 2.26. The predicted octanol–water partition coefficient (Wildman–Crippen LogP) is 2.85. The largest absolute Gasteiger partial charge is 0.396 e. The summed E-state index contributed by atoms with van der Waals surface area (Å²) in [5, 5.41) is 13.3. The molecule has 0 amide bonds. The van der Waals surface area contributed by atoms with Crippen LogP contribution in [-0.4, -0.2) is 17.9 Å². The first kappa shape index (κ1) is 12.8. The van der Waals surface area contributed by atoms with E-state index in [2.05, 4.69) is 10.5 Å². The monoisotopic (exact) mass is 270 g/mol. The zero-order valence-electron chi connectivity index (χ0n) is 11.2. The Hall–Kier alpha value is -2.20. The van der Waals surface area contributed by atoms with E-state index in [9.17, 15) is 9.50 Å². The van der Waals surface area contributed by atoms with Crippen molar-refractivity contribution < 1.29 is 9.50 Å². The molecule has 0 radical (unpaired) electrons. The van der Waals surface area contributed by atoms with Crippen molar-refractivity contribution in [1.82, 2.24) is 5.43 Å². The van der Waals surface area contributed by atoms with E-state index in [1.54, 1.807) is 12.3 Å². The molecule has 0 fully saturated rings. The molecule has 2 N–H and O–H groups in total. The van der Waals surface area contributed by atoms with Gasteiger partial charge in [-0.2, -0.15) is 5.10 Å². The molecule has 20 heavy (non-hydrogen) atoms. The number of halogens is 1. The summed E-state index contributed by atoms with van der Waals surface area (Å²) >= 11 is 0. The van der Waals surface area contributed by atoms with Gasteiger partial charge in [-0.25, -0.2) is 4.39 Å². The van der Waals surface area contributed by atoms with Gasteiger partial charge in [0.05, 0.1) is 5.70 Å². The predicted molar refractivity (Wildman–Crippen MR) is 78.4 cm³/mol. The first-order valence-corrected chi connectivity index (χ1v) is 6.53. The van der Waals surface area contributed by atoms with Crippen LogP contribution in [0.15, 0.2) is 46.7 Å². The third-order valence-corrected chi connectivity index (χ3v) is 3.64. The van der Waals surface area contributed by atoms with Crippen LogP contribution in [0.1, 0.15) is 24.5 Å². The highest BCUT2D eigenvalue weighted by Crippen LogP contribution is 2.44. The molecule has 1 aliphatic carbocycles. The molecule has 1 aromatic carbocycles. The molecule has 1 aliphatic heterocycles. The van der Waals surface area contributed by atoms with Crippen LogP contribution in [0, 0.1) is 5.82 Å². The molecule has 3 nitrogen and oxygen atoms in total. The minimum atomic E-state index is -0.261. The van der Waals surface area contributed by atoms with Crippen LogP contribution in [0.5, 0.6) is 0 Å². The van der Waals surface area contributed by atoms with E-state index in [1.165, 1.54) is 12.1 Å². The third kappa shape index (κ3) is 1.98. The molecule has 2 aliphatic rings. The van der Waals surface area contributed by atoms with Crippen molar-refractivity contribution in [2.75, 3.05) is 6.61 Å². The highest BCUT2D eigenvalue weighted by molar-refractivity contribution is 6.01. The fourth-order valence-electron chi connectivity index (χ4n) is 2.79. The molecule has 1 aromatic rings. The summed E-state index contributed by atoms with van der Waals surface area (Å²) < 4.78 is 13.5. The van der Waals surface area contributed by atoms with Crippen molar-refractivity contribution in [3.8, 4) is 0 Å². The lowest BCUT2D eigenvalue weighted by Crippen LogP contribution is -2.09. The number of aliphatic hydroxyl groups excluding tert-OH is 1. The molecular weight excluding hydrogens is 255 g/mol. The number of hydrogen-bond acceptors (Lipinski definition) is 3. The molecule has 0 saturated heterocycles. The summed E-state index contributed by atoms with van der Waals surface area (Å²) in [6, 6.07) is 4.78. The number of benzene rings is 1. The van der Waals surface area contributed by atoms with Crippen LogP contribution in [0.4, 0.5) is 4.39 Å². The Balaban J connectivity index is 2.22. The summed E-state index contributed by atoms with van der Waals surface area (Å²) in [5.74, 6) is -0.261. The van der Waals surface area contributed by atoms with Gasteiger partial charge in [0.1, 0.15) is 5.82 Å². The summed E-state index contributed by atoms with van der Waals surface area (Å²) in [6.45, 7) is 2.05.